The summed E-state index contributed by atoms with van der Waals surface area (Å²) < 4.78 is 5.11. The summed E-state index contributed by atoms with van der Waals surface area (Å²) in [7, 11) is 1.58. The van der Waals surface area contributed by atoms with E-state index in [1.807, 2.05) is 18.2 Å². The molecule has 2 rings (SSSR count). The van der Waals surface area contributed by atoms with Crippen LogP contribution in [0.5, 0.6) is 5.75 Å². The van der Waals surface area contributed by atoms with Gasteiger partial charge in [-0.2, -0.15) is 0 Å². The van der Waals surface area contributed by atoms with Gasteiger partial charge in [-0.15, -0.1) is 0 Å². The van der Waals surface area contributed by atoms with Crippen molar-refractivity contribution in [2.45, 2.75) is 6.42 Å². The molecular formula is C19H19NO3. The van der Waals surface area contributed by atoms with E-state index in [4.69, 9.17) is 4.74 Å². The highest BCUT2D eigenvalue weighted by Gasteiger charge is 2.15. The van der Waals surface area contributed by atoms with Gasteiger partial charge in [0.05, 0.1) is 7.11 Å². The van der Waals surface area contributed by atoms with E-state index in [-0.39, 0.29) is 18.1 Å². The Labute approximate surface area is 136 Å². The van der Waals surface area contributed by atoms with Crippen molar-refractivity contribution in [2.24, 2.45) is 0 Å². The maximum Gasteiger partial charge on any atom is 0.250 e. The molecule has 0 aliphatic heterocycles. The Hall–Kier alpha value is -2.88. The maximum absolute atomic E-state index is 12.2. The van der Waals surface area contributed by atoms with E-state index in [0.717, 1.165) is 0 Å². The van der Waals surface area contributed by atoms with E-state index in [1.54, 1.807) is 43.5 Å². The number of rotatable bonds is 7. The SMILES string of the molecule is C=CC(=O)N(CCC(=O)c1ccccc1)c1ccc(OC)cc1. The van der Waals surface area contributed by atoms with Gasteiger partial charge in [0.1, 0.15) is 5.75 Å². The highest BCUT2D eigenvalue weighted by Crippen LogP contribution is 2.20. The summed E-state index contributed by atoms with van der Waals surface area (Å²) >= 11 is 0. The topological polar surface area (TPSA) is 46.6 Å². The molecule has 0 aliphatic carbocycles. The lowest BCUT2D eigenvalue weighted by Gasteiger charge is -2.21. The van der Waals surface area contributed by atoms with Gasteiger partial charge in [-0.25, -0.2) is 0 Å². The highest BCUT2D eigenvalue weighted by molar-refractivity contribution is 6.02. The van der Waals surface area contributed by atoms with Crippen LogP contribution >= 0.6 is 0 Å². The summed E-state index contributed by atoms with van der Waals surface area (Å²) in [5.74, 6) is 0.470. The number of methoxy groups -OCH3 is 1. The molecule has 0 aromatic heterocycles. The number of benzene rings is 2. The molecule has 0 saturated heterocycles. The third-order valence-electron chi connectivity index (χ3n) is 3.48. The van der Waals surface area contributed by atoms with Crippen molar-refractivity contribution in [3.8, 4) is 5.75 Å². The third-order valence-corrected chi connectivity index (χ3v) is 3.48. The Morgan fingerprint density at radius 1 is 1.09 bits per heavy atom. The Morgan fingerprint density at radius 2 is 1.74 bits per heavy atom. The monoisotopic (exact) mass is 309 g/mol. The molecule has 0 saturated carbocycles. The van der Waals surface area contributed by atoms with Gasteiger partial charge < -0.3 is 9.64 Å². The lowest BCUT2D eigenvalue weighted by atomic mass is 10.1. The minimum absolute atomic E-state index is 0.000902. The van der Waals surface area contributed by atoms with Crippen molar-refractivity contribution in [1.82, 2.24) is 0 Å². The second-order valence-electron chi connectivity index (χ2n) is 4.93. The van der Waals surface area contributed by atoms with Crippen LogP contribution in [0.3, 0.4) is 0 Å². The third kappa shape index (κ3) is 4.30. The van der Waals surface area contributed by atoms with Crippen LogP contribution in [0, 0.1) is 0 Å². The number of anilines is 1. The van der Waals surface area contributed by atoms with Crippen molar-refractivity contribution in [3.63, 3.8) is 0 Å². The van der Waals surface area contributed by atoms with E-state index in [1.165, 1.54) is 11.0 Å². The predicted octanol–water partition coefficient (Wildman–Crippen LogP) is 3.49. The molecule has 0 atom stereocenters. The van der Waals surface area contributed by atoms with Gasteiger partial charge in [0.2, 0.25) is 5.91 Å². The zero-order valence-electron chi connectivity index (χ0n) is 13.1. The molecule has 0 N–H and O–H groups in total. The van der Waals surface area contributed by atoms with E-state index in [9.17, 15) is 9.59 Å². The Morgan fingerprint density at radius 3 is 2.30 bits per heavy atom. The molecule has 0 bridgehead atoms. The lowest BCUT2D eigenvalue weighted by Crippen LogP contribution is -2.31. The summed E-state index contributed by atoms with van der Waals surface area (Å²) in [6.45, 7) is 3.82. The number of amides is 1. The number of carbonyl (C=O) groups excluding carboxylic acids is 2. The molecule has 1 amide bonds. The molecular weight excluding hydrogens is 290 g/mol. The summed E-state index contributed by atoms with van der Waals surface area (Å²) in [6.07, 6.45) is 1.49. The van der Waals surface area contributed by atoms with Crippen LogP contribution in [0.4, 0.5) is 5.69 Å². The van der Waals surface area contributed by atoms with Crippen molar-refractivity contribution < 1.29 is 14.3 Å². The first-order valence-electron chi connectivity index (χ1n) is 7.32. The van der Waals surface area contributed by atoms with Gasteiger partial charge in [0.25, 0.3) is 0 Å². The van der Waals surface area contributed by atoms with Crippen LogP contribution in [0.2, 0.25) is 0 Å². The molecule has 118 valence electrons. The van der Waals surface area contributed by atoms with Crippen LogP contribution in [0.1, 0.15) is 16.8 Å². The van der Waals surface area contributed by atoms with Crippen molar-refractivity contribution in [3.05, 3.63) is 72.8 Å². The number of Topliss-reactive ketones (excluding diaryl/α,β-unsaturated/α-hetero) is 1. The second-order valence-corrected chi connectivity index (χ2v) is 4.93. The van der Waals surface area contributed by atoms with Crippen molar-refractivity contribution in [1.29, 1.82) is 0 Å². The van der Waals surface area contributed by atoms with Crippen LogP contribution in [0.15, 0.2) is 67.3 Å². The van der Waals surface area contributed by atoms with E-state index < -0.39 is 0 Å². The van der Waals surface area contributed by atoms with Crippen molar-refractivity contribution >= 4 is 17.4 Å². The molecule has 0 radical (unpaired) electrons. The van der Waals surface area contributed by atoms with Gasteiger partial charge >= 0.3 is 0 Å². The quantitative estimate of drug-likeness (QED) is 0.581. The number of ether oxygens (including phenoxy) is 1. The molecule has 0 heterocycles. The molecule has 4 heteroatoms. The Balaban J connectivity index is 2.11. The molecule has 0 aliphatic rings. The fourth-order valence-electron chi connectivity index (χ4n) is 2.22. The van der Waals surface area contributed by atoms with Crippen LogP contribution in [-0.4, -0.2) is 25.3 Å². The average Bonchev–Trinajstić information content (AvgIpc) is 2.62. The van der Waals surface area contributed by atoms with E-state index in [2.05, 4.69) is 6.58 Å². The lowest BCUT2D eigenvalue weighted by molar-refractivity contribution is -0.114. The minimum atomic E-state index is -0.240. The summed E-state index contributed by atoms with van der Waals surface area (Å²) in [5.41, 5.74) is 1.35. The Kier molecular flexibility index (Phi) is 5.69. The number of hydrogen-bond donors (Lipinski definition) is 0. The molecule has 2 aromatic carbocycles. The number of carbonyl (C=O) groups is 2. The maximum atomic E-state index is 12.2. The van der Waals surface area contributed by atoms with E-state index in [0.29, 0.717) is 23.5 Å². The smallest absolute Gasteiger partial charge is 0.250 e. The molecule has 0 fully saturated rings. The first kappa shape index (κ1) is 16.5. The van der Waals surface area contributed by atoms with Gasteiger partial charge in [-0.05, 0) is 30.3 Å². The van der Waals surface area contributed by atoms with Gasteiger partial charge in [-0.1, -0.05) is 36.9 Å². The zero-order valence-corrected chi connectivity index (χ0v) is 13.1. The highest BCUT2D eigenvalue weighted by atomic mass is 16.5. The number of nitrogens with zero attached hydrogens (tertiary/aromatic N) is 1. The van der Waals surface area contributed by atoms with E-state index >= 15 is 0 Å². The normalized spacial score (nSPS) is 9.96. The predicted molar refractivity (Wildman–Crippen MR) is 90.9 cm³/mol. The Bertz CT molecular complexity index is 678. The van der Waals surface area contributed by atoms with Crippen LogP contribution in [-0.2, 0) is 4.79 Å². The summed E-state index contributed by atoms with van der Waals surface area (Å²) in [6, 6.07) is 16.2. The first-order chi connectivity index (χ1) is 11.2. The standard InChI is InChI=1S/C19H19NO3/c1-3-19(22)20(16-9-11-17(23-2)12-10-16)14-13-18(21)15-7-5-4-6-8-15/h3-12H,1,13-14H2,2H3. The van der Waals surface area contributed by atoms with Gasteiger partial charge in [-0.3, -0.25) is 9.59 Å². The molecule has 23 heavy (non-hydrogen) atoms. The molecule has 0 spiro atoms. The number of ketones is 1. The largest absolute Gasteiger partial charge is 0.497 e. The van der Waals surface area contributed by atoms with Gasteiger partial charge in [0.15, 0.2) is 5.78 Å². The van der Waals surface area contributed by atoms with Crippen LogP contribution in [0.25, 0.3) is 0 Å². The van der Waals surface area contributed by atoms with Gasteiger partial charge in [0, 0.05) is 24.2 Å². The van der Waals surface area contributed by atoms with Crippen LogP contribution < -0.4 is 9.64 Å². The summed E-state index contributed by atoms with van der Waals surface area (Å²) in [4.78, 5) is 25.8. The fraction of sp³-hybridized carbons (Fsp3) is 0.158. The zero-order chi connectivity index (χ0) is 16.7. The number of hydrogen-bond acceptors (Lipinski definition) is 3. The molecule has 0 unspecified atom stereocenters. The molecule has 2 aromatic rings. The summed E-state index contributed by atoms with van der Waals surface area (Å²) in [5, 5.41) is 0. The molecule has 4 nitrogen and oxygen atoms in total. The first-order valence-corrected chi connectivity index (χ1v) is 7.32. The van der Waals surface area contributed by atoms with Crippen molar-refractivity contribution in [2.75, 3.05) is 18.6 Å². The average molecular weight is 309 g/mol. The minimum Gasteiger partial charge on any atom is -0.497 e. The second kappa shape index (κ2) is 7.94. The fourth-order valence-corrected chi connectivity index (χ4v) is 2.22.